The maximum absolute atomic E-state index is 9.82. The van der Waals surface area contributed by atoms with Gasteiger partial charge in [0.15, 0.2) is 0 Å². The quantitative estimate of drug-likeness (QED) is 0.233. The molecule has 230 valence electrons. The zero-order valence-electron chi connectivity index (χ0n) is 25.6. The van der Waals surface area contributed by atoms with Crippen LogP contribution in [0.15, 0.2) is 85.7 Å². The fourth-order valence-electron chi connectivity index (χ4n) is 5.67. The Bertz CT molecular complexity index is 1990. The zero-order chi connectivity index (χ0) is 31.5. The standard InChI is InChI=1S/C34H32N10O2/c1-45-29-7-3-24(4-8-29)21-43-22-28(19-38-43)30-23-44-34(27(15-35)18-39-44)33(40-30)26-6-9-31(36-17-26)42-13-11-41(12-14-42)20-25-5-10-32(46-2)37-16-25/h3-10,16-19,22-23H,11-14,20-21H2,1-2H3. The minimum atomic E-state index is 0.455. The molecule has 46 heavy (non-hydrogen) atoms. The van der Waals surface area contributed by atoms with Gasteiger partial charge in [-0.05, 0) is 35.4 Å². The summed E-state index contributed by atoms with van der Waals surface area (Å²) in [5, 5.41) is 18.9. The van der Waals surface area contributed by atoms with Gasteiger partial charge in [-0.3, -0.25) is 9.58 Å². The van der Waals surface area contributed by atoms with Crippen molar-refractivity contribution in [2.75, 3.05) is 45.3 Å². The summed E-state index contributed by atoms with van der Waals surface area (Å²) in [6, 6.07) is 18.2. The molecular weight excluding hydrogens is 580 g/mol. The lowest BCUT2D eigenvalue weighted by Gasteiger charge is -2.35. The molecule has 7 rings (SSSR count). The highest BCUT2D eigenvalue weighted by molar-refractivity contribution is 5.83. The number of hydrogen-bond acceptors (Lipinski definition) is 10. The number of methoxy groups -OCH3 is 2. The molecule has 12 nitrogen and oxygen atoms in total. The Morgan fingerprint density at radius 3 is 2.28 bits per heavy atom. The van der Waals surface area contributed by atoms with Crippen molar-refractivity contribution in [2.24, 2.45) is 0 Å². The summed E-state index contributed by atoms with van der Waals surface area (Å²) in [5.74, 6) is 2.35. The molecule has 1 aliphatic heterocycles. The van der Waals surface area contributed by atoms with Crippen molar-refractivity contribution in [2.45, 2.75) is 13.1 Å². The summed E-state index contributed by atoms with van der Waals surface area (Å²) in [7, 11) is 3.28. The molecule has 0 radical (unpaired) electrons. The second-order valence-electron chi connectivity index (χ2n) is 11.1. The van der Waals surface area contributed by atoms with E-state index in [1.165, 1.54) is 5.56 Å². The van der Waals surface area contributed by atoms with E-state index in [4.69, 9.17) is 19.4 Å². The number of fused-ring (bicyclic) bond motifs is 1. The van der Waals surface area contributed by atoms with Gasteiger partial charge in [0.05, 0.1) is 50.7 Å². The molecule has 0 spiro atoms. The smallest absolute Gasteiger partial charge is 0.212 e. The minimum Gasteiger partial charge on any atom is -0.497 e. The molecule has 1 saturated heterocycles. The van der Waals surface area contributed by atoms with E-state index in [1.807, 2.05) is 71.9 Å². The van der Waals surface area contributed by atoms with Gasteiger partial charge >= 0.3 is 0 Å². The van der Waals surface area contributed by atoms with Crippen molar-refractivity contribution < 1.29 is 9.47 Å². The second-order valence-corrected chi connectivity index (χ2v) is 11.1. The summed E-state index contributed by atoms with van der Waals surface area (Å²) in [4.78, 5) is 18.9. The molecule has 6 aromatic rings. The van der Waals surface area contributed by atoms with E-state index >= 15 is 0 Å². The van der Waals surface area contributed by atoms with E-state index in [-0.39, 0.29) is 0 Å². The first-order valence-electron chi connectivity index (χ1n) is 15.0. The van der Waals surface area contributed by atoms with Crippen LogP contribution in [0.1, 0.15) is 16.7 Å². The van der Waals surface area contributed by atoms with Crippen LogP contribution in [0.25, 0.3) is 28.0 Å². The van der Waals surface area contributed by atoms with Crippen molar-refractivity contribution in [3.8, 4) is 40.2 Å². The van der Waals surface area contributed by atoms with Gasteiger partial charge in [0.25, 0.3) is 0 Å². The molecule has 6 heterocycles. The first-order valence-corrected chi connectivity index (χ1v) is 15.0. The topological polar surface area (TPSA) is 123 Å². The third kappa shape index (κ3) is 5.96. The molecule has 0 atom stereocenters. The van der Waals surface area contributed by atoms with Crippen LogP contribution < -0.4 is 14.4 Å². The SMILES string of the molecule is COc1ccc(Cn2cc(-c3cn4ncc(C#N)c4c(-c4ccc(N5CCN(Cc6ccc(OC)nc6)CC5)nc4)n3)cn2)cc1. The number of ether oxygens (including phenoxy) is 2. The highest BCUT2D eigenvalue weighted by Gasteiger charge is 2.20. The zero-order valence-corrected chi connectivity index (χ0v) is 25.6. The molecule has 0 unspecified atom stereocenters. The first kappa shape index (κ1) is 28.9. The molecule has 0 amide bonds. The largest absolute Gasteiger partial charge is 0.497 e. The van der Waals surface area contributed by atoms with Crippen LogP contribution in [-0.2, 0) is 13.1 Å². The van der Waals surface area contributed by atoms with Gasteiger partial charge in [-0.2, -0.15) is 15.5 Å². The number of pyridine rings is 2. The average Bonchev–Trinajstić information content (AvgIpc) is 3.76. The van der Waals surface area contributed by atoms with Gasteiger partial charge in [-0.1, -0.05) is 18.2 Å². The molecular formula is C34H32N10O2. The molecule has 1 aromatic carbocycles. The Morgan fingerprint density at radius 2 is 1.59 bits per heavy atom. The highest BCUT2D eigenvalue weighted by Crippen LogP contribution is 2.30. The van der Waals surface area contributed by atoms with E-state index in [2.05, 4.69) is 37.1 Å². The number of anilines is 1. The van der Waals surface area contributed by atoms with Gasteiger partial charge in [0.1, 0.15) is 28.7 Å². The third-order valence-electron chi connectivity index (χ3n) is 8.18. The number of nitrogens with zero attached hydrogens (tertiary/aromatic N) is 10. The van der Waals surface area contributed by atoms with Crippen LogP contribution in [-0.4, -0.2) is 79.6 Å². The third-order valence-corrected chi connectivity index (χ3v) is 8.18. The Hall–Kier alpha value is -5.80. The van der Waals surface area contributed by atoms with Gasteiger partial charge in [-0.25, -0.2) is 19.5 Å². The molecule has 0 N–H and O–H groups in total. The van der Waals surface area contributed by atoms with Crippen LogP contribution >= 0.6 is 0 Å². The van der Waals surface area contributed by atoms with E-state index in [1.54, 1.807) is 31.1 Å². The summed E-state index contributed by atoms with van der Waals surface area (Å²) in [6.07, 6.45) is 10.9. The summed E-state index contributed by atoms with van der Waals surface area (Å²) in [5.41, 5.74) is 6.37. The minimum absolute atomic E-state index is 0.455. The lowest BCUT2D eigenvalue weighted by molar-refractivity contribution is 0.249. The van der Waals surface area contributed by atoms with Crippen molar-refractivity contribution >= 4 is 11.3 Å². The second kappa shape index (κ2) is 12.7. The summed E-state index contributed by atoms with van der Waals surface area (Å²) in [6.45, 7) is 5.05. The fraction of sp³-hybridized carbons (Fsp3) is 0.235. The number of rotatable bonds is 9. The van der Waals surface area contributed by atoms with Crippen molar-refractivity contribution in [3.63, 3.8) is 0 Å². The Balaban J connectivity index is 1.09. The number of piperazine rings is 1. The Kier molecular flexibility index (Phi) is 7.97. The van der Waals surface area contributed by atoms with Crippen LogP contribution in [0.2, 0.25) is 0 Å². The lowest BCUT2D eigenvalue weighted by Crippen LogP contribution is -2.46. The van der Waals surface area contributed by atoms with Crippen LogP contribution in [0.5, 0.6) is 11.6 Å². The van der Waals surface area contributed by atoms with Crippen molar-refractivity contribution in [1.82, 2.24) is 39.2 Å². The van der Waals surface area contributed by atoms with E-state index in [0.29, 0.717) is 34.9 Å². The van der Waals surface area contributed by atoms with Crippen LogP contribution in [0, 0.1) is 11.3 Å². The highest BCUT2D eigenvalue weighted by atomic mass is 16.5. The molecule has 1 fully saturated rings. The van der Waals surface area contributed by atoms with E-state index < -0.39 is 0 Å². The monoisotopic (exact) mass is 612 g/mol. The van der Waals surface area contributed by atoms with E-state index in [0.717, 1.165) is 61.0 Å². The first-order chi connectivity index (χ1) is 22.6. The van der Waals surface area contributed by atoms with E-state index in [9.17, 15) is 5.26 Å². The molecule has 5 aromatic heterocycles. The van der Waals surface area contributed by atoms with Gasteiger partial charge in [0.2, 0.25) is 5.88 Å². The predicted molar refractivity (Wildman–Crippen MR) is 173 cm³/mol. The average molecular weight is 613 g/mol. The lowest BCUT2D eigenvalue weighted by atomic mass is 10.1. The number of aromatic nitrogens is 7. The molecule has 1 aliphatic rings. The Labute approximate surface area is 266 Å². The fourth-order valence-corrected chi connectivity index (χ4v) is 5.67. The maximum Gasteiger partial charge on any atom is 0.212 e. The van der Waals surface area contributed by atoms with Crippen molar-refractivity contribution in [1.29, 1.82) is 5.26 Å². The normalized spacial score (nSPS) is 13.5. The predicted octanol–water partition coefficient (Wildman–Crippen LogP) is 4.31. The summed E-state index contributed by atoms with van der Waals surface area (Å²) < 4.78 is 14.0. The summed E-state index contributed by atoms with van der Waals surface area (Å²) >= 11 is 0. The maximum atomic E-state index is 9.82. The van der Waals surface area contributed by atoms with Crippen LogP contribution in [0.4, 0.5) is 5.82 Å². The number of hydrogen-bond donors (Lipinski definition) is 0. The number of benzene rings is 1. The van der Waals surface area contributed by atoms with Crippen LogP contribution in [0.3, 0.4) is 0 Å². The van der Waals surface area contributed by atoms with Gasteiger partial charge in [-0.15, -0.1) is 0 Å². The molecule has 12 heteroatoms. The Morgan fingerprint density at radius 1 is 0.761 bits per heavy atom. The van der Waals surface area contributed by atoms with Gasteiger partial charge in [0, 0.05) is 68.5 Å². The molecule has 0 aliphatic carbocycles. The van der Waals surface area contributed by atoms with Gasteiger partial charge < -0.3 is 14.4 Å². The van der Waals surface area contributed by atoms with Crippen molar-refractivity contribution in [3.05, 3.63) is 102 Å². The molecule has 0 bridgehead atoms. The molecule has 0 saturated carbocycles. The number of nitriles is 1.